The number of hydrogen-bond donors (Lipinski definition) is 1. The first kappa shape index (κ1) is 22.6. The van der Waals surface area contributed by atoms with Crippen LogP contribution in [0.3, 0.4) is 0 Å². The average Bonchev–Trinajstić information content (AvgIpc) is 3.04. The Morgan fingerprint density at radius 3 is 2.53 bits per heavy atom. The van der Waals surface area contributed by atoms with E-state index in [2.05, 4.69) is 21.2 Å². The topological polar surface area (TPSA) is 66.5 Å². The Labute approximate surface area is 204 Å². The summed E-state index contributed by atoms with van der Waals surface area (Å²) in [7, 11) is 0. The summed E-state index contributed by atoms with van der Waals surface area (Å²) in [5.74, 6) is -1.24. The van der Waals surface area contributed by atoms with E-state index in [-0.39, 0.29) is 34.8 Å². The fourth-order valence-corrected chi connectivity index (χ4v) is 4.43. The van der Waals surface area contributed by atoms with Gasteiger partial charge in [0.2, 0.25) is 0 Å². The van der Waals surface area contributed by atoms with Crippen molar-refractivity contribution >= 4 is 68.0 Å². The smallest absolute Gasteiger partial charge is 0.263 e. The number of fused-ring (bicyclic) bond motifs is 1. The summed E-state index contributed by atoms with van der Waals surface area (Å²) in [6.07, 6.45) is 4.18. The standard InChI is InChI=1S/C24H18BrClN2O3S/c25-13-15-6-4-14(5-7-15)10-11-28-23(30)17-2-1-3-19(21(17)24(28)31)27-22(29)18-12-16(26)8-9-20(18)32/h1-8,12H,9-11,13H2,(H,27,29). The Kier molecular flexibility index (Phi) is 6.69. The van der Waals surface area contributed by atoms with Gasteiger partial charge < -0.3 is 5.32 Å². The van der Waals surface area contributed by atoms with Gasteiger partial charge in [-0.1, -0.05) is 76.2 Å². The number of halogens is 2. The van der Waals surface area contributed by atoms with E-state index in [0.29, 0.717) is 22.7 Å². The molecule has 0 saturated carbocycles. The molecule has 0 radical (unpaired) electrons. The molecule has 5 nitrogen and oxygen atoms in total. The lowest BCUT2D eigenvalue weighted by molar-refractivity contribution is -0.112. The van der Waals surface area contributed by atoms with Crippen molar-refractivity contribution in [2.75, 3.05) is 11.9 Å². The molecule has 1 aliphatic carbocycles. The molecule has 32 heavy (non-hydrogen) atoms. The minimum Gasteiger partial charge on any atom is -0.321 e. The Balaban J connectivity index is 1.53. The number of anilines is 1. The SMILES string of the molecule is O=C(Nc1cccc2c1C(=O)N(CCc1ccc(CBr)cc1)C2=O)C1=CC(Cl)=CCC1=S. The number of nitrogens with zero attached hydrogens (tertiary/aromatic N) is 1. The quantitative estimate of drug-likeness (QED) is 0.318. The molecule has 0 spiro atoms. The number of nitrogens with one attached hydrogen (secondary N) is 1. The van der Waals surface area contributed by atoms with E-state index >= 15 is 0 Å². The van der Waals surface area contributed by atoms with Gasteiger partial charge in [0.25, 0.3) is 17.7 Å². The van der Waals surface area contributed by atoms with Crippen LogP contribution in [-0.2, 0) is 16.5 Å². The van der Waals surface area contributed by atoms with Crippen molar-refractivity contribution in [3.05, 3.63) is 87.5 Å². The van der Waals surface area contributed by atoms with Crippen molar-refractivity contribution in [3.8, 4) is 0 Å². The van der Waals surface area contributed by atoms with Crippen LogP contribution in [0.1, 0.15) is 38.3 Å². The van der Waals surface area contributed by atoms with Gasteiger partial charge in [0.15, 0.2) is 0 Å². The van der Waals surface area contributed by atoms with Crippen LogP contribution in [0, 0.1) is 0 Å². The monoisotopic (exact) mass is 528 g/mol. The molecular weight excluding hydrogens is 512 g/mol. The van der Waals surface area contributed by atoms with E-state index in [1.165, 1.54) is 11.0 Å². The van der Waals surface area contributed by atoms with E-state index < -0.39 is 11.8 Å². The number of hydrogen-bond acceptors (Lipinski definition) is 4. The maximum absolute atomic E-state index is 13.1. The minimum atomic E-state index is -0.458. The molecule has 0 bridgehead atoms. The van der Waals surface area contributed by atoms with Crippen LogP contribution in [0.5, 0.6) is 0 Å². The van der Waals surface area contributed by atoms with E-state index in [1.54, 1.807) is 24.3 Å². The maximum atomic E-state index is 13.1. The van der Waals surface area contributed by atoms with Gasteiger partial charge in [-0.2, -0.15) is 0 Å². The summed E-state index contributed by atoms with van der Waals surface area (Å²) in [5.41, 5.74) is 3.22. The highest BCUT2D eigenvalue weighted by Gasteiger charge is 2.37. The minimum absolute atomic E-state index is 0.199. The molecule has 0 fully saturated rings. The highest BCUT2D eigenvalue weighted by Crippen LogP contribution is 2.30. The van der Waals surface area contributed by atoms with Gasteiger partial charge in [0.05, 0.1) is 22.4 Å². The molecule has 4 rings (SSSR count). The van der Waals surface area contributed by atoms with Crippen LogP contribution >= 0.6 is 39.7 Å². The Morgan fingerprint density at radius 1 is 1.09 bits per heavy atom. The number of thiocarbonyl (C=S) groups is 1. The molecule has 1 N–H and O–H groups in total. The molecule has 2 aliphatic rings. The summed E-state index contributed by atoms with van der Waals surface area (Å²) in [6.45, 7) is 0.253. The zero-order valence-corrected chi connectivity index (χ0v) is 20.0. The van der Waals surface area contributed by atoms with Gasteiger partial charge in [-0.15, -0.1) is 0 Å². The van der Waals surface area contributed by atoms with Crippen molar-refractivity contribution in [2.24, 2.45) is 0 Å². The number of benzene rings is 2. The summed E-state index contributed by atoms with van der Waals surface area (Å²) < 4.78 is 0. The van der Waals surface area contributed by atoms with Crippen LogP contribution in [-0.4, -0.2) is 34.0 Å². The van der Waals surface area contributed by atoms with Crippen LogP contribution in [0.15, 0.2) is 65.2 Å². The van der Waals surface area contributed by atoms with Crippen molar-refractivity contribution in [1.82, 2.24) is 4.90 Å². The molecule has 0 aromatic heterocycles. The third-order valence-electron chi connectivity index (χ3n) is 5.36. The first-order valence-corrected chi connectivity index (χ1v) is 11.8. The fourth-order valence-electron chi connectivity index (χ4n) is 3.64. The van der Waals surface area contributed by atoms with Gasteiger partial charge in [0.1, 0.15) is 0 Å². The molecular formula is C24H18BrClN2O3S. The molecule has 8 heteroatoms. The lowest BCUT2D eigenvalue weighted by Gasteiger charge is -2.15. The maximum Gasteiger partial charge on any atom is 0.263 e. The zero-order valence-electron chi connectivity index (χ0n) is 16.9. The molecule has 0 unspecified atom stereocenters. The summed E-state index contributed by atoms with van der Waals surface area (Å²) in [4.78, 5) is 40.5. The highest BCUT2D eigenvalue weighted by atomic mass is 79.9. The first-order valence-electron chi connectivity index (χ1n) is 9.94. The predicted octanol–water partition coefficient (Wildman–Crippen LogP) is 5.18. The zero-order chi connectivity index (χ0) is 22.8. The second-order valence-corrected chi connectivity index (χ2v) is 8.91. The van der Waals surface area contributed by atoms with Crippen LogP contribution in [0.4, 0.5) is 5.69 Å². The van der Waals surface area contributed by atoms with Crippen LogP contribution in [0.2, 0.25) is 0 Å². The number of alkyl halides is 1. The normalized spacial score (nSPS) is 15.4. The molecule has 3 amide bonds. The Morgan fingerprint density at radius 2 is 1.81 bits per heavy atom. The first-order chi connectivity index (χ1) is 15.4. The van der Waals surface area contributed by atoms with Gasteiger partial charge >= 0.3 is 0 Å². The third-order valence-corrected chi connectivity index (χ3v) is 6.66. The Bertz CT molecular complexity index is 1200. The number of carbonyl (C=O) groups is 3. The van der Waals surface area contributed by atoms with Gasteiger partial charge in [-0.3, -0.25) is 19.3 Å². The molecule has 1 heterocycles. The van der Waals surface area contributed by atoms with Crippen molar-refractivity contribution in [1.29, 1.82) is 0 Å². The third kappa shape index (κ3) is 4.46. The molecule has 1 aliphatic heterocycles. The Hall–Kier alpha value is -2.61. The summed E-state index contributed by atoms with van der Waals surface area (Å²) >= 11 is 14.7. The van der Waals surface area contributed by atoms with E-state index in [4.69, 9.17) is 23.8 Å². The fraction of sp³-hybridized carbons (Fsp3) is 0.167. The summed E-state index contributed by atoms with van der Waals surface area (Å²) in [6, 6.07) is 12.8. The molecule has 2 aromatic rings. The van der Waals surface area contributed by atoms with Crippen LogP contribution < -0.4 is 5.32 Å². The van der Waals surface area contributed by atoms with E-state index in [9.17, 15) is 14.4 Å². The number of allylic oxidation sites excluding steroid dienone is 3. The number of carbonyl (C=O) groups excluding carboxylic acids is 3. The number of imide groups is 1. The average molecular weight is 530 g/mol. The van der Waals surface area contributed by atoms with Gasteiger partial charge in [-0.05, 0) is 35.8 Å². The second-order valence-electron chi connectivity index (χ2n) is 7.42. The molecule has 2 aromatic carbocycles. The molecule has 0 atom stereocenters. The number of amides is 3. The van der Waals surface area contributed by atoms with Gasteiger partial charge in [0, 0.05) is 28.2 Å². The lowest BCUT2D eigenvalue weighted by Crippen LogP contribution is -2.32. The highest BCUT2D eigenvalue weighted by molar-refractivity contribution is 9.08. The van der Waals surface area contributed by atoms with Crippen LogP contribution in [0.25, 0.3) is 0 Å². The second kappa shape index (κ2) is 9.48. The van der Waals surface area contributed by atoms with Crippen molar-refractivity contribution < 1.29 is 14.4 Å². The number of rotatable bonds is 6. The molecule has 162 valence electrons. The van der Waals surface area contributed by atoms with E-state index in [1.807, 2.05) is 24.3 Å². The molecule has 0 saturated heterocycles. The van der Waals surface area contributed by atoms with E-state index in [0.717, 1.165) is 16.5 Å². The van der Waals surface area contributed by atoms with Crippen molar-refractivity contribution in [3.63, 3.8) is 0 Å². The van der Waals surface area contributed by atoms with Gasteiger partial charge in [-0.25, -0.2) is 0 Å². The summed E-state index contributed by atoms with van der Waals surface area (Å²) in [5, 5.41) is 3.94. The lowest BCUT2D eigenvalue weighted by atomic mass is 10.0. The largest absolute Gasteiger partial charge is 0.321 e. The predicted molar refractivity (Wildman–Crippen MR) is 132 cm³/mol. The van der Waals surface area contributed by atoms with Crippen molar-refractivity contribution in [2.45, 2.75) is 18.2 Å².